The van der Waals surface area contributed by atoms with Gasteiger partial charge in [0.25, 0.3) is 0 Å². The maximum absolute atomic E-state index is 5.54. The van der Waals surface area contributed by atoms with Crippen molar-refractivity contribution in [1.82, 2.24) is 0 Å². The van der Waals surface area contributed by atoms with Gasteiger partial charge in [-0.05, 0) is 43.1 Å². The van der Waals surface area contributed by atoms with Crippen LogP contribution >= 0.6 is 0 Å². The molecular formula is C18H26O2. The highest BCUT2D eigenvalue weighted by molar-refractivity contribution is 5.26. The second-order valence-electron chi connectivity index (χ2n) is 6.25. The van der Waals surface area contributed by atoms with E-state index >= 15 is 0 Å². The lowest BCUT2D eigenvalue weighted by molar-refractivity contribution is -0.0441. The summed E-state index contributed by atoms with van der Waals surface area (Å²) >= 11 is 0. The lowest BCUT2D eigenvalue weighted by Crippen LogP contribution is -2.13. The van der Waals surface area contributed by atoms with Gasteiger partial charge in [0.15, 0.2) is 6.29 Å². The van der Waals surface area contributed by atoms with E-state index in [1.165, 1.54) is 44.1 Å². The van der Waals surface area contributed by atoms with Gasteiger partial charge >= 0.3 is 0 Å². The first-order valence-electron chi connectivity index (χ1n) is 8.20. The Morgan fingerprint density at radius 2 is 1.50 bits per heavy atom. The van der Waals surface area contributed by atoms with Crippen LogP contribution < -0.4 is 0 Å². The number of rotatable bonds is 4. The largest absolute Gasteiger partial charge is 0.346 e. The zero-order valence-corrected chi connectivity index (χ0v) is 12.5. The summed E-state index contributed by atoms with van der Waals surface area (Å²) in [6, 6.07) is 8.93. The van der Waals surface area contributed by atoms with Crippen molar-refractivity contribution in [3.63, 3.8) is 0 Å². The number of hydrogen-bond acceptors (Lipinski definition) is 2. The van der Waals surface area contributed by atoms with Crippen LogP contribution in [-0.2, 0) is 9.47 Å². The third-order valence-corrected chi connectivity index (χ3v) is 4.85. The van der Waals surface area contributed by atoms with Crippen molar-refractivity contribution in [1.29, 1.82) is 0 Å². The topological polar surface area (TPSA) is 18.5 Å². The Hall–Kier alpha value is -0.860. The summed E-state index contributed by atoms with van der Waals surface area (Å²) in [5.41, 5.74) is 2.66. The molecule has 2 heteroatoms. The average molecular weight is 274 g/mol. The first kappa shape index (κ1) is 14.1. The predicted molar refractivity (Wildman–Crippen MR) is 80.7 cm³/mol. The van der Waals surface area contributed by atoms with E-state index in [0.29, 0.717) is 13.2 Å². The van der Waals surface area contributed by atoms with Gasteiger partial charge in [-0.15, -0.1) is 0 Å². The molecule has 1 aromatic carbocycles. The van der Waals surface area contributed by atoms with Crippen molar-refractivity contribution in [2.45, 2.75) is 57.7 Å². The molecule has 1 saturated carbocycles. The first-order valence-corrected chi connectivity index (χ1v) is 8.20. The highest BCUT2D eigenvalue weighted by Crippen LogP contribution is 2.37. The van der Waals surface area contributed by atoms with Crippen LogP contribution in [0, 0.1) is 5.92 Å². The van der Waals surface area contributed by atoms with E-state index in [4.69, 9.17) is 9.47 Å². The molecule has 2 fully saturated rings. The van der Waals surface area contributed by atoms with E-state index in [1.807, 2.05) is 0 Å². The van der Waals surface area contributed by atoms with Gasteiger partial charge in [0.2, 0.25) is 0 Å². The summed E-state index contributed by atoms with van der Waals surface area (Å²) in [7, 11) is 0. The molecule has 1 saturated heterocycles. The van der Waals surface area contributed by atoms with Gasteiger partial charge in [-0.25, -0.2) is 0 Å². The van der Waals surface area contributed by atoms with Gasteiger partial charge in [0.05, 0.1) is 13.2 Å². The molecule has 110 valence electrons. The Morgan fingerprint density at radius 3 is 2.10 bits per heavy atom. The van der Waals surface area contributed by atoms with E-state index in [2.05, 4.69) is 31.2 Å². The monoisotopic (exact) mass is 274 g/mol. The summed E-state index contributed by atoms with van der Waals surface area (Å²) in [4.78, 5) is 0. The summed E-state index contributed by atoms with van der Waals surface area (Å²) in [6.45, 7) is 3.74. The molecule has 0 unspecified atom stereocenters. The Labute approximate surface area is 122 Å². The molecule has 0 spiro atoms. The van der Waals surface area contributed by atoms with E-state index < -0.39 is 0 Å². The molecule has 3 rings (SSSR count). The summed E-state index contributed by atoms with van der Waals surface area (Å²) < 4.78 is 11.1. The van der Waals surface area contributed by atoms with Crippen LogP contribution in [0.15, 0.2) is 24.3 Å². The first-order chi connectivity index (χ1) is 9.86. The number of hydrogen-bond donors (Lipinski definition) is 0. The molecule has 0 atom stereocenters. The molecule has 0 amide bonds. The molecule has 0 N–H and O–H groups in total. The quantitative estimate of drug-likeness (QED) is 0.784. The van der Waals surface area contributed by atoms with E-state index in [-0.39, 0.29) is 6.29 Å². The lowest BCUT2D eigenvalue weighted by atomic mass is 9.77. The molecule has 1 aliphatic heterocycles. The summed E-state index contributed by atoms with van der Waals surface area (Å²) in [5.74, 6) is 1.75. The molecule has 1 aliphatic carbocycles. The van der Waals surface area contributed by atoms with Crippen LogP contribution in [0.2, 0.25) is 0 Å². The average Bonchev–Trinajstić information content (AvgIpc) is 3.03. The van der Waals surface area contributed by atoms with Crippen LogP contribution in [-0.4, -0.2) is 13.2 Å². The fourth-order valence-corrected chi connectivity index (χ4v) is 3.67. The smallest absolute Gasteiger partial charge is 0.184 e. The van der Waals surface area contributed by atoms with Crippen molar-refractivity contribution in [3.05, 3.63) is 35.4 Å². The van der Waals surface area contributed by atoms with Crippen molar-refractivity contribution in [2.24, 2.45) is 5.92 Å². The van der Waals surface area contributed by atoms with Crippen molar-refractivity contribution < 1.29 is 9.47 Å². The molecule has 2 aliphatic rings. The fraction of sp³-hybridized carbons (Fsp3) is 0.667. The highest BCUT2D eigenvalue weighted by atomic mass is 16.7. The molecule has 0 bridgehead atoms. The van der Waals surface area contributed by atoms with Gasteiger partial charge in [-0.2, -0.15) is 0 Å². The number of benzene rings is 1. The van der Waals surface area contributed by atoms with Gasteiger partial charge in [-0.3, -0.25) is 0 Å². The Morgan fingerprint density at radius 1 is 0.900 bits per heavy atom. The Balaban J connectivity index is 1.58. The molecule has 1 aromatic rings. The molecule has 1 heterocycles. The van der Waals surface area contributed by atoms with Crippen molar-refractivity contribution in [3.8, 4) is 0 Å². The van der Waals surface area contributed by atoms with Crippen LogP contribution in [0.25, 0.3) is 0 Å². The minimum absolute atomic E-state index is 0.135. The Kier molecular flexibility index (Phi) is 4.74. The van der Waals surface area contributed by atoms with Gasteiger partial charge in [0, 0.05) is 5.56 Å². The van der Waals surface area contributed by atoms with E-state index in [9.17, 15) is 0 Å². The normalized spacial score (nSPS) is 27.9. The van der Waals surface area contributed by atoms with Gasteiger partial charge in [-0.1, -0.05) is 44.0 Å². The third-order valence-electron chi connectivity index (χ3n) is 4.85. The number of ether oxygens (including phenoxy) is 2. The second-order valence-corrected chi connectivity index (χ2v) is 6.25. The lowest BCUT2D eigenvalue weighted by Gasteiger charge is -2.28. The standard InChI is InChI=1S/C18H26O2/c1-2-3-14-4-6-15(7-5-14)16-8-10-17(11-9-16)18-19-12-13-20-18/h8-11,14-15,18H,2-7,12-13H2,1H3. The van der Waals surface area contributed by atoms with Crippen LogP contribution in [0.1, 0.15) is 68.8 Å². The molecule has 0 aromatic heterocycles. The molecule has 2 nitrogen and oxygen atoms in total. The van der Waals surface area contributed by atoms with Gasteiger partial charge < -0.3 is 9.47 Å². The maximum atomic E-state index is 5.54. The summed E-state index contributed by atoms with van der Waals surface area (Å²) in [6.07, 6.45) is 8.17. The second kappa shape index (κ2) is 6.73. The highest BCUT2D eigenvalue weighted by Gasteiger charge is 2.23. The molecular weight excluding hydrogens is 248 g/mol. The fourth-order valence-electron chi connectivity index (χ4n) is 3.67. The van der Waals surface area contributed by atoms with Crippen LogP contribution in [0.4, 0.5) is 0 Å². The summed E-state index contributed by atoms with van der Waals surface area (Å²) in [5, 5.41) is 0. The minimum atomic E-state index is -0.135. The van der Waals surface area contributed by atoms with Crippen LogP contribution in [0.5, 0.6) is 0 Å². The SMILES string of the molecule is CCCC1CCC(c2ccc(C3OCCO3)cc2)CC1. The zero-order valence-electron chi connectivity index (χ0n) is 12.5. The minimum Gasteiger partial charge on any atom is -0.346 e. The van der Waals surface area contributed by atoms with Crippen LogP contribution in [0.3, 0.4) is 0 Å². The molecule has 0 radical (unpaired) electrons. The third kappa shape index (κ3) is 3.24. The van der Waals surface area contributed by atoms with Gasteiger partial charge in [0.1, 0.15) is 0 Å². The van der Waals surface area contributed by atoms with Crippen molar-refractivity contribution >= 4 is 0 Å². The van der Waals surface area contributed by atoms with E-state index in [1.54, 1.807) is 0 Å². The predicted octanol–water partition coefficient (Wildman–Crippen LogP) is 4.81. The van der Waals surface area contributed by atoms with Crippen molar-refractivity contribution in [2.75, 3.05) is 13.2 Å². The molecule has 20 heavy (non-hydrogen) atoms. The Bertz CT molecular complexity index is 398. The zero-order chi connectivity index (χ0) is 13.8. The van der Waals surface area contributed by atoms with E-state index in [0.717, 1.165) is 17.4 Å². The maximum Gasteiger partial charge on any atom is 0.184 e.